The fraction of sp³-hybridized carbons (Fsp3) is 0.471. The van der Waals surface area contributed by atoms with E-state index < -0.39 is 6.10 Å². The fourth-order valence-electron chi connectivity index (χ4n) is 2.97. The van der Waals surface area contributed by atoms with Crippen LogP contribution in [0.4, 0.5) is 0 Å². The van der Waals surface area contributed by atoms with Gasteiger partial charge < -0.3 is 10.4 Å². The molecule has 0 radical (unpaired) electrons. The minimum Gasteiger partial charge on any atom is -0.390 e. The van der Waals surface area contributed by atoms with Crippen molar-refractivity contribution in [3.8, 4) is 0 Å². The first kappa shape index (κ1) is 16.6. The topological polar surface area (TPSA) is 83.3 Å². The van der Waals surface area contributed by atoms with E-state index in [1.165, 1.54) is 0 Å². The number of aromatic nitrogens is 3. The molecular formula is C17H23N5O2. The number of β-amino-alcohol motifs (C(OH)–C–C–N with tert-alkyl or cyclic N) is 1. The normalized spacial score (nSPS) is 21.6. The molecule has 1 amide bonds. The van der Waals surface area contributed by atoms with Crippen molar-refractivity contribution in [1.29, 1.82) is 0 Å². The molecule has 0 aliphatic carbocycles. The van der Waals surface area contributed by atoms with Crippen LogP contribution in [-0.4, -0.2) is 55.9 Å². The molecule has 2 N–H and O–H groups in total. The lowest BCUT2D eigenvalue weighted by atomic mass is 10.0. The van der Waals surface area contributed by atoms with Gasteiger partial charge in [-0.3, -0.25) is 19.4 Å². The van der Waals surface area contributed by atoms with E-state index in [9.17, 15) is 9.90 Å². The number of hydrogen-bond donors (Lipinski definition) is 2. The molecule has 3 heterocycles. The number of pyridine rings is 1. The Balaban J connectivity index is 1.52. The molecule has 128 valence electrons. The second kappa shape index (κ2) is 7.55. The highest BCUT2D eigenvalue weighted by atomic mass is 16.3. The summed E-state index contributed by atoms with van der Waals surface area (Å²) < 4.78 is 1.89. The Morgan fingerprint density at radius 3 is 3.00 bits per heavy atom. The predicted octanol–water partition coefficient (Wildman–Crippen LogP) is 0.663. The summed E-state index contributed by atoms with van der Waals surface area (Å²) in [4.78, 5) is 18.4. The minimum atomic E-state index is -0.590. The molecule has 1 aliphatic heterocycles. The predicted molar refractivity (Wildman–Crippen MR) is 89.3 cm³/mol. The maximum atomic E-state index is 12.2. The van der Waals surface area contributed by atoms with Crippen LogP contribution in [0.1, 0.15) is 29.4 Å². The molecule has 1 saturated heterocycles. The molecule has 7 heteroatoms. The number of aliphatic hydroxyl groups is 1. The molecule has 0 bridgehead atoms. The third-order valence-electron chi connectivity index (χ3n) is 4.30. The monoisotopic (exact) mass is 329 g/mol. The van der Waals surface area contributed by atoms with Crippen molar-refractivity contribution in [3.05, 3.63) is 48.0 Å². The number of aliphatic hydroxyl groups excluding tert-OH is 1. The van der Waals surface area contributed by atoms with Crippen LogP contribution in [0.2, 0.25) is 0 Å². The maximum absolute atomic E-state index is 12.2. The Kier molecular flexibility index (Phi) is 5.22. The van der Waals surface area contributed by atoms with Crippen molar-refractivity contribution in [2.75, 3.05) is 13.1 Å². The smallest absolute Gasteiger partial charge is 0.270 e. The quantitative estimate of drug-likeness (QED) is 0.842. The molecule has 24 heavy (non-hydrogen) atoms. The molecule has 0 spiro atoms. The third kappa shape index (κ3) is 3.98. The van der Waals surface area contributed by atoms with Crippen LogP contribution in [0.5, 0.6) is 0 Å². The number of likely N-dealkylation sites (tertiary alicyclic amines) is 1. The average Bonchev–Trinajstić information content (AvgIpc) is 3.05. The van der Waals surface area contributed by atoms with Gasteiger partial charge in [-0.15, -0.1) is 0 Å². The molecule has 1 fully saturated rings. The van der Waals surface area contributed by atoms with E-state index in [4.69, 9.17) is 0 Å². The minimum absolute atomic E-state index is 0.239. The van der Waals surface area contributed by atoms with Crippen molar-refractivity contribution < 1.29 is 9.90 Å². The Bertz CT molecular complexity index is 673. The van der Waals surface area contributed by atoms with E-state index in [-0.39, 0.29) is 11.9 Å². The van der Waals surface area contributed by atoms with Crippen molar-refractivity contribution in [2.24, 2.45) is 0 Å². The van der Waals surface area contributed by atoms with Crippen LogP contribution in [0.15, 0.2) is 36.8 Å². The lowest BCUT2D eigenvalue weighted by molar-refractivity contribution is 0.0348. The van der Waals surface area contributed by atoms with Crippen LogP contribution in [0.3, 0.4) is 0 Å². The number of carbonyl (C=O) groups excluding carboxylic acids is 1. The second-order valence-electron chi connectivity index (χ2n) is 6.09. The van der Waals surface area contributed by atoms with Gasteiger partial charge in [-0.05, 0) is 25.5 Å². The summed E-state index contributed by atoms with van der Waals surface area (Å²) in [6, 6.07) is 4.97. The number of nitrogens with zero attached hydrogens (tertiary/aromatic N) is 4. The highest BCUT2D eigenvalue weighted by Crippen LogP contribution is 2.15. The number of piperidine rings is 1. The van der Waals surface area contributed by atoms with E-state index in [2.05, 4.69) is 27.2 Å². The molecule has 0 unspecified atom stereocenters. The van der Waals surface area contributed by atoms with Gasteiger partial charge in [0.05, 0.1) is 18.3 Å². The van der Waals surface area contributed by atoms with Gasteiger partial charge in [0.2, 0.25) is 0 Å². The first-order valence-electron chi connectivity index (χ1n) is 8.29. The Labute approximate surface area is 141 Å². The van der Waals surface area contributed by atoms with Crippen molar-refractivity contribution in [2.45, 2.75) is 38.6 Å². The lowest BCUT2D eigenvalue weighted by Gasteiger charge is -2.36. The highest BCUT2D eigenvalue weighted by molar-refractivity contribution is 5.92. The number of amides is 1. The van der Waals surface area contributed by atoms with Gasteiger partial charge in [0.25, 0.3) is 5.91 Å². The van der Waals surface area contributed by atoms with E-state index in [1.807, 2.05) is 17.1 Å². The van der Waals surface area contributed by atoms with Crippen LogP contribution in [0, 0.1) is 0 Å². The first-order valence-corrected chi connectivity index (χ1v) is 8.29. The zero-order chi connectivity index (χ0) is 16.9. The maximum Gasteiger partial charge on any atom is 0.270 e. The van der Waals surface area contributed by atoms with Crippen molar-refractivity contribution >= 4 is 5.91 Å². The molecule has 2 atom stereocenters. The number of aryl methyl sites for hydroxylation is 1. The molecule has 1 aliphatic rings. The fourth-order valence-corrected chi connectivity index (χ4v) is 2.97. The van der Waals surface area contributed by atoms with Gasteiger partial charge in [-0.1, -0.05) is 6.07 Å². The van der Waals surface area contributed by atoms with E-state index in [0.29, 0.717) is 18.7 Å². The summed E-state index contributed by atoms with van der Waals surface area (Å²) in [5, 5.41) is 17.5. The van der Waals surface area contributed by atoms with Gasteiger partial charge in [0.15, 0.2) is 0 Å². The standard InChI is InChI=1S/C17H23N5O2/c1-2-22-11-13(9-19-22)10-21-8-6-14(16(23)12-21)20-17(24)15-5-3-4-7-18-15/h3-5,7,9,11,14,16,23H,2,6,8,10,12H2,1H3,(H,20,24)/t14-,16-/m1/s1. The summed E-state index contributed by atoms with van der Waals surface area (Å²) in [6.45, 7) is 5.02. The summed E-state index contributed by atoms with van der Waals surface area (Å²) in [7, 11) is 0. The molecule has 7 nitrogen and oxygen atoms in total. The Morgan fingerprint density at radius 1 is 1.46 bits per heavy atom. The van der Waals surface area contributed by atoms with Crippen molar-refractivity contribution in [3.63, 3.8) is 0 Å². The van der Waals surface area contributed by atoms with Crippen molar-refractivity contribution in [1.82, 2.24) is 25.0 Å². The molecule has 2 aromatic heterocycles. The van der Waals surface area contributed by atoms with Gasteiger partial charge >= 0.3 is 0 Å². The molecule has 0 saturated carbocycles. The van der Waals surface area contributed by atoms with E-state index >= 15 is 0 Å². The highest BCUT2D eigenvalue weighted by Gasteiger charge is 2.29. The van der Waals surface area contributed by atoms with Gasteiger partial charge in [-0.2, -0.15) is 5.10 Å². The van der Waals surface area contributed by atoms with Gasteiger partial charge in [0.1, 0.15) is 5.69 Å². The summed E-state index contributed by atoms with van der Waals surface area (Å²) >= 11 is 0. The van der Waals surface area contributed by atoms with Gasteiger partial charge in [-0.25, -0.2) is 0 Å². The summed E-state index contributed by atoms with van der Waals surface area (Å²) in [6.07, 6.45) is 5.60. The third-order valence-corrected chi connectivity index (χ3v) is 4.30. The van der Waals surface area contributed by atoms with Crippen LogP contribution < -0.4 is 5.32 Å². The number of rotatable bonds is 5. The molecule has 0 aromatic carbocycles. The largest absolute Gasteiger partial charge is 0.390 e. The first-order chi connectivity index (χ1) is 11.7. The van der Waals surface area contributed by atoms with Gasteiger partial charge in [0, 0.05) is 44.1 Å². The number of carbonyl (C=O) groups is 1. The summed E-state index contributed by atoms with van der Waals surface area (Å²) in [5.41, 5.74) is 1.51. The second-order valence-corrected chi connectivity index (χ2v) is 6.09. The summed E-state index contributed by atoms with van der Waals surface area (Å²) in [5.74, 6) is -0.239. The van der Waals surface area contributed by atoms with Crippen LogP contribution in [0.25, 0.3) is 0 Å². The SMILES string of the molecule is CCn1cc(CN2CC[C@@H](NC(=O)c3ccccn3)[C@H](O)C2)cn1. The molecule has 3 rings (SSSR count). The zero-order valence-corrected chi connectivity index (χ0v) is 13.8. The van der Waals surface area contributed by atoms with E-state index in [0.717, 1.165) is 25.2 Å². The van der Waals surface area contributed by atoms with Crippen LogP contribution >= 0.6 is 0 Å². The molecular weight excluding hydrogens is 306 g/mol. The average molecular weight is 329 g/mol. The van der Waals surface area contributed by atoms with E-state index in [1.54, 1.807) is 24.4 Å². The lowest BCUT2D eigenvalue weighted by Crippen LogP contribution is -2.53. The van der Waals surface area contributed by atoms with Crippen LogP contribution in [-0.2, 0) is 13.1 Å². The Hall–Kier alpha value is -2.25. The molecule has 2 aromatic rings. The Morgan fingerprint density at radius 2 is 2.33 bits per heavy atom. The zero-order valence-electron chi connectivity index (χ0n) is 13.8. The number of nitrogens with one attached hydrogen (secondary N) is 1. The number of hydrogen-bond acceptors (Lipinski definition) is 5.